The highest BCUT2D eigenvalue weighted by Crippen LogP contribution is 2.15. The third-order valence-corrected chi connectivity index (χ3v) is 2.69. The maximum Gasteiger partial charge on any atom is 0.251 e. The topological polar surface area (TPSA) is 52.9 Å². The molecule has 1 aromatic carbocycles. The number of rotatable bonds is 4. The number of benzene rings is 1. The molecular formula is C12H13BrN2O. The van der Waals surface area contributed by atoms with Gasteiger partial charge in [0.25, 0.3) is 5.91 Å². The van der Waals surface area contributed by atoms with Crippen LogP contribution in [0.15, 0.2) is 22.7 Å². The lowest BCUT2D eigenvalue weighted by Crippen LogP contribution is -2.25. The Morgan fingerprint density at radius 3 is 3.00 bits per heavy atom. The summed E-state index contributed by atoms with van der Waals surface area (Å²) in [6.45, 7) is 2.44. The molecule has 0 fully saturated rings. The van der Waals surface area contributed by atoms with Crippen molar-refractivity contribution in [3.63, 3.8) is 0 Å². The smallest absolute Gasteiger partial charge is 0.251 e. The molecule has 0 radical (unpaired) electrons. The Labute approximate surface area is 104 Å². The minimum atomic E-state index is -0.0864. The highest BCUT2D eigenvalue weighted by molar-refractivity contribution is 9.10. The second-order valence-electron chi connectivity index (χ2n) is 3.48. The van der Waals surface area contributed by atoms with Crippen molar-refractivity contribution in [3.05, 3.63) is 33.8 Å². The summed E-state index contributed by atoms with van der Waals surface area (Å²) in [5, 5.41) is 11.2. The van der Waals surface area contributed by atoms with E-state index in [1.54, 1.807) is 6.07 Å². The van der Waals surface area contributed by atoms with Gasteiger partial charge in [-0.2, -0.15) is 5.26 Å². The van der Waals surface area contributed by atoms with Gasteiger partial charge in [-0.15, -0.1) is 0 Å². The summed E-state index contributed by atoms with van der Waals surface area (Å²) < 4.78 is 0.889. The van der Waals surface area contributed by atoms with E-state index in [4.69, 9.17) is 5.26 Å². The molecule has 4 heteroatoms. The van der Waals surface area contributed by atoms with Gasteiger partial charge in [0.2, 0.25) is 0 Å². The number of amides is 1. The molecule has 1 aromatic rings. The van der Waals surface area contributed by atoms with Crippen LogP contribution in [0.4, 0.5) is 0 Å². The molecule has 1 N–H and O–H groups in total. The number of nitriles is 1. The van der Waals surface area contributed by atoms with Crippen molar-refractivity contribution in [2.45, 2.75) is 19.8 Å². The predicted molar refractivity (Wildman–Crippen MR) is 66.1 cm³/mol. The third-order valence-electron chi connectivity index (χ3n) is 2.20. The first-order valence-electron chi connectivity index (χ1n) is 5.06. The fourth-order valence-electron chi connectivity index (χ4n) is 1.30. The van der Waals surface area contributed by atoms with Gasteiger partial charge in [0, 0.05) is 23.0 Å². The summed E-state index contributed by atoms with van der Waals surface area (Å²) >= 11 is 3.33. The lowest BCUT2D eigenvalue weighted by Gasteiger charge is -2.07. The fourth-order valence-corrected chi connectivity index (χ4v) is 1.66. The molecule has 0 saturated heterocycles. The Bertz CT molecular complexity index is 424. The van der Waals surface area contributed by atoms with Gasteiger partial charge in [0.15, 0.2) is 0 Å². The average molecular weight is 281 g/mol. The lowest BCUT2D eigenvalue weighted by molar-refractivity contribution is 0.0952. The van der Waals surface area contributed by atoms with Crippen molar-refractivity contribution in [2.75, 3.05) is 6.54 Å². The van der Waals surface area contributed by atoms with Crippen molar-refractivity contribution < 1.29 is 4.79 Å². The largest absolute Gasteiger partial charge is 0.352 e. The Balaban J connectivity index is 2.59. The van der Waals surface area contributed by atoms with E-state index in [1.165, 1.54) is 0 Å². The minimum Gasteiger partial charge on any atom is -0.352 e. The number of hydrogen-bond donors (Lipinski definition) is 1. The van der Waals surface area contributed by atoms with Gasteiger partial charge in [0.05, 0.1) is 6.07 Å². The Kier molecular flexibility index (Phi) is 5.00. The maximum absolute atomic E-state index is 11.8. The van der Waals surface area contributed by atoms with Crippen LogP contribution in [0.5, 0.6) is 0 Å². The van der Waals surface area contributed by atoms with Crippen molar-refractivity contribution >= 4 is 21.8 Å². The molecule has 0 heterocycles. The first-order valence-corrected chi connectivity index (χ1v) is 5.85. The lowest BCUT2D eigenvalue weighted by atomic mass is 10.1. The molecule has 0 bridgehead atoms. The molecule has 0 aromatic heterocycles. The molecule has 16 heavy (non-hydrogen) atoms. The Hall–Kier alpha value is -1.34. The van der Waals surface area contributed by atoms with E-state index < -0.39 is 0 Å². The van der Waals surface area contributed by atoms with Gasteiger partial charge in [0.1, 0.15) is 0 Å². The average Bonchev–Trinajstić information content (AvgIpc) is 2.27. The number of nitrogens with zero attached hydrogens (tertiary/aromatic N) is 1. The van der Waals surface area contributed by atoms with E-state index >= 15 is 0 Å². The van der Waals surface area contributed by atoms with E-state index in [0.29, 0.717) is 24.9 Å². The first kappa shape index (κ1) is 12.7. The summed E-state index contributed by atoms with van der Waals surface area (Å²) in [7, 11) is 0. The van der Waals surface area contributed by atoms with Crippen LogP contribution in [0.25, 0.3) is 0 Å². The molecule has 0 atom stereocenters. The van der Waals surface area contributed by atoms with Crippen LogP contribution in [0, 0.1) is 18.3 Å². The standard InChI is InChI=1S/C12H13BrN2O/c1-9-4-5-10(13)8-11(9)12(16)15-7-3-2-6-14/h4-5,8H,2-3,7H2,1H3,(H,15,16). The van der Waals surface area contributed by atoms with Gasteiger partial charge in [-0.05, 0) is 31.0 Å². The maximum atomic E-state index is 11.8. The van der Waals surface area contributed by atoms with Gasteiger partial charge in [-0.3, -0.25) is 4.79 Å². The number of carbonyl (C=O) groups excluding carboxylic acids is 1. The highest BCUT2D eigenvalue weighted by atomic mass is 79.9. The number of aryl methyl sites for hydroxylation is 1. The van der Waals surface area contributed by atoms with Gasteiger partial charge in [-0.1, -0.05) is 22.0 Å². The SMILES string of the molecule is Cc1ccc(Br)cc1C(=O)NCCCC#N. The number of unbranched alkanes of at least 4 members (excludes halogenated alkanes) is 1. The third kappa shape index (κ3) is 3.67. The van der Waals surface area contributed by atoms with Crippen LogP contribution in [0.2, 0.25) is 0 Å². The molecular weight excluding hydrogens is 268 g/mol. The molecule has 0 unspecified atom stereocenters. The molecule has 84 valence electrons. The second-order valence-corrected chi connectivity index (χ2v) is 4.39. The van der Waals surface area contributed by atoms with Gasteiger partial charge in [-0.25, -0.2) is 0 Å². The first-order chi connectivity index (χ1) is 7.65. The number of nitrogens with one attached hydrogen (secondary N) is 1. The van der Waals surface area contributed by atoms with Crippen LogP contribution in [0.3, 0.4) is 0 Å². The monoisotopic (exact) mass is 280 g/mol. The fraction of sp³-hybridized carbons (Fsp3) is 0.333. The highest BCUT2D eigenvalue weighted by Gasteiger charge is 2.08. The molecule has 0 aliphatic carbocycles. The van der Waals surface area contributed by atoms with E-state index in [2.05, 4.69) is 21.2 Å². The van der Waals surface area contributed by atoms with E-state index in [1.807, 2.05) is 25.1 Å². The van der Waals surface area contributed by atoms with E-state index in [0.717, 1.165) is 10.0 Å². The van der Waals surface area contributed by atoms with Gasteiger partial charge < -0.3 is 5.32 Å². The summed E-state index contributed by atoms with van der Waals surface area (Å²) in [5.74, 6) is -0.0864. The second kappa shape index (κ2) is 6.29. The van der Waals surface area contributed by atoms with E-state index in [-0.39, 0.29) is 5.91 Å². The summed E-state index contributed by atoms with van der Waals surface area (Å²) in [6.07, 6.45) is 1.16. The number of hydrogen-bond acceptors (Lipinski definition) is 2. The Morgan fingerprint density at radius 1 is 1.56 bits per heavy atom. The molecule has 1 rings (SSSR count). The predicted octanol–water partition coefficient (Wildman–Crippen LogP) is 2.79. The zero-order valence-electron chi connectivity index (χ0n) is 9.09. The van der Waals surface area contributed by atoms with Crippen LogP contribution in [0.1, 0.15) is 28.8 Å². The minimum absolute atomic E-state index is 0.0864. The number of carbonyl (C=O) groups is 1. The summed E-state index contributed by atoms with van der Waals surface area (Å²) in [5.41, 5.74) is 1.62. The van der Waals surface area contributed by atoms with Crippen LogP contribution < -0.4 is 5.32 Å². The molecule has 0 aliphatic rings. The van der Waals surface area contributed by atoms with Crippen LogP contribution >= 0.6 is 15.9 Å². The van der Waals surface area contributed by atoms with Crippen LogP contribution in [-0.4, -0.2) is 12.5 Å². The molecule has 3 nitrogen and oxygen atoms in total. The zero-order chi connectivity index (χ0) is 12.0. The van der Waals surface area contributed by atoms with Crippen LogP contribution in [-0.2, 0) is 0 Å². The van der Waals surface area contributed by atoms with Gasteiger partial charge >= 0.3 is 0 Å². The van der Waals surface area contributed by atoms with Crippen molar-refractivity contribution in [1.82, 2.24) is 5.32 Å². The molecule has 0 aliphatic heterocycles. The number of halogens is 1. The van der Waals surface area contributed by atoms with Crippen molar-refractivity contribution in [2.24, 2.45) is 0 Å². The normalized spacial score (nSPS) is 9.56. The molecule has 1 amide bonds. The summed E-state index contributed by atoms with van der Waals surface area (Å²) in [6, 6.07) is 7.65. The molecule has 0 spiro atoms. The summed E-state index contributed by atoms with van der Waals surface area (Å²) in [4.78, 5) is 11.8. The molecule has 0 saturated carbocycles. The zero-order valence-corrected chi connectivity index (χ0v) is 10.7. The quantitative estimate of drug-likeness (QED) is 0.863. The Morgan fingerprint density at radius 2 is 2.31 bits per heavy atom. The van der Waals surface area contributed by atoms with Crippen molar-refractivity contribution in [3.8, 4) is 6.07 Å². The van der Waals surface area contributed by atoms with Crippen molar-refractivity contribution in [1.29, 1.82) is 5.26 Å². The van der Waals surface area contributed by atoms with E-state index in [9.17, 15) is 4.79 Å².